The van der Waals surface area contributed by atoms with E-state index in [4.69, 9.17) is 5.73 Å². The Morgan fingerprint density at radius 1 is 1.60 bits per heavy atom. The zero-order chi connectivity index (χ0) is 7.98. The van der Waals surface area contributed by atoms with E-state index in [9.17, 15) is 0 Å². The first-order chi connectivity index (χ1) is 4.66. The number of rotatable bonds is 2. The Balaban J connectivity index is 3.71. The molecule has 0 spiro atoms. The summed E-state index contributed by atoms with van der Waals surface area (Å²) >= 11 is 0. The molecular formula is C6H14N4. The summed E-state index contributed by atoms with van der Waals surface area (Å²) in [4.78, 5) is 7.69. The third-order valence-electron chi connectivity index (χ3n) is 0.739. The molecule has 0 saturated heterocycles. The summed E-state index contributed by atoms with van der Waals surface area (Å²) in [7, 11) is 1.66. The average molecular weight is 142 g/mol. The maximum Gasteiger partial charge on any atom is 0.194 e. The third-order valence-corrected chi connectivity index (χ3v) is 0.739. The Morgan fingerprint density at radius 2 is 2.20 bits per heavy atom. The SMILES string of the molecule is CN=CNC(N)=NC(C)C. The van der Waals surface area contributed by atoms with Crippen LogP contribution in [0.5, 0.6) is 0 Å². The molecule has 58 valence electrons. The van der Waals surface area contributed by atoms with Crippen LogP contribution in [0.3, 0.4) is 0 Å². The lowest BCUT2D eigenvalue weighted by molar-refractivity contribution is 0.828. The van der Waals surface area contributed by atoms with E-state index < -0.39 is 0 Å². The predicted molar refractivity (Wildman–Crippen MR) is 44.3 cm³/mol. The van der Waals surface area contributed by atoms with Gasteiger partial charge in [-0.05, 0) is 13.8 Å². The van der Waals surface area contributed by atoms with Crippen molar-refractivity contribution in [3.63, 3.8) is 0 Å². The summed E-state index contributed by atoms with van der Waals surface area (Å²) < 4.78 is 0. The van der Waals surface area contributed by atoms with Gasteiger partial charge in [0.2, 0.25) is 0 Å². The Labute approximate surface area is 61.2 Å². The monoisotopic (exact) mass is 142 g/mol. The van der Waals surface area contributed by atoms with Crippen molar-refractivity contribution < 1.29 is 0 Å². The topological polar surface area (TPSA) is 62.8 Å². The van der Waals surface area contributed by atoms with Crippen LogP contribution in [-0.2, 0) is 0 Å². The number of aliphatic imine (C=N–C) groups is 2. The van der Waals surface area contributed by atoms with Gasteiger partial charge in [-0.1, -0.05) is 0 Å². The van der Waals surface area contributed by atoms with Gasteiger partial charge in [-0.2, -0.15) is 0 Å². The first kappa shape index (κ1) is 8.94. The highest BCUT2D eigenvalue weighted by molar-refractivity contribution is 5.88. The Kier molecular flexibility index (Phi) is 4.28. The number of nitrogens with two attached hydrogens (primary N) is 1. The standard InChI is InChI=1S/C6H14N4/c1-5(2)10-6(7)9-4-8-3/h4-5H,1-3H3,(H3,7,8,9,10). The van der Waals surface area contributed by atoms with Gasteiger partial charge >= 0.3 is 0 Å². The molecule has 0 aromatic carbocycles. The molecule has 0 aromatic heterocycles. The van der Waals surface area contributed by atoms with Gasteiger partial charge in [0.05, 0.1) is 6.34 Å². The zero-order valence-corrected chi connectivity index (χ0v) is 6.63. The van der Waals surface area contributed by atoms with Crippen molar-refractivity contribution in [3.8, 4) is 0 Å². The van der Waals surface area contributed by atoms with Crippen molar-refractivity contribution in [2.75, 3.05) is 7.05 Å². The van der Waals surface area contributed by atoms with Gasteiger partial charge in [0.15, 0.2) is 5.96 Å². The van der Waals surface area contributed by atoms with Crippen LogP contribution < -0.4 is 11.1 Å². The summed E-state index contributed by atoms with van der Waals surface area (Å²) in [5.41, 5.74) is 5.41. The highest BCUT2D eigenvalue weighted by Crippen LogP contribution is 1.82. The molecule has 0 atom stereocenters. The molecule has 0 amide bonds. The first-order valence-corrected chi connectivity index (χ1v) is 3.17. The Bertz CT molecular complexity index is 137. The maximum atomic E-state index is 5.41. The number of nitrogens with one attached hydrogen (secondary N) is 1. The van der Waals surface area contributed by atoms with Crippen LogP contribution in [-0.4, -0.2) is 25.4 Å². The molecule has 0 heterocycles. The van der Waals surface area contributed by atoms with Crippen LogP contribution in [0.4, 0.5) is 0 Å². The molecule has 0 bridgehead atoms. The van der Waals surface area contributed by atoms with Crippen molar-refractivity contribution in [1.29, 1.82) is 0 Å². The zero-order valence-electron chi connectivity index (χ0n) is 6.63. The number of hydrogen-bond acceptors (Lipinski definition) is 2. The highest BCUT2D eigenvalue weighted by Gasteiger charge is 1.88. The molecule has 0 radical (unpaired) electrons. The van der Waals surface area contributed by atoms with E-state index in [1.54, 1.807) is 7.05 Å². The van der Waals surface area contributed by atoms with E-state index in [0.29, 0.717) is 5.96 Å². The molecule has 10 heavy (non-hydrogen) atoms. The Hall–Kier alpha value is -1.06. The van der Waals surface area contributed by atoms with Gasteiger partial charge < -0.3 is 11.1 Å². The minimum absolute atomic E-state index is 0.220. The van der Waals surface area contributed by atoms with Crippen LogP contribution in [0.15, 0.2) is 9.98 Å². The summed E-state index contributed by atoms with van der Waals surface area (Å²) in [5, 5.41) is 2.70. The lowest BCUT2D eigenvalue weighted by Gasteiger charge is -2.00. The van der Waals surface area contributed by atoms with Gasteiger partial charge in [-0.15, -0.1) is 0 Å². The average Bonchev–Trinajstić information content (AvgIpc) is 1.82. The molecule has 4 heteroatoms. The summed E-state index contributed by atoms with van der Waals surface area (Å²) in [6, 6.07) is 0.220. The summed E-state index contributed by atoms with van der Waals surface area (Å²) in [6.45, 7) is 3.91. The lowest BCUT2D eigenvalue weighted by Crippen LogP contribution is -2.31. The van der Waals surface area contributed by atoms with Gasteiger partial charge in [-0.3, -0.25) is 9.98 Å². The van der Waals surface area contributed by atoms with Crippen LogP contribution >= 0.6 is 0 Å². The van der Waals surface area contributed by atoms with Gasteiger partial charge in [0.25, 0.3) is 0 Å². The molecule has 4 nitrogen and oxygen atoms in total. The maximum absolute atomic E-state index is 5.41. The van der Waals surface area contributed by atoms with Crippen molar-refractivity contribution in [1.82, 2.24) is 5.32 Å². The first-order valence-electron chi connectivity index (χ1n) is 3.17. The van der Waals surface area contributed by atoms with Crippen molar-refractivity contribution in [3.05, 3.63) is 0 Å². The van der Waals surface area contributed by atoms with Gasteiger partial charge in [-0.25, -0.2) is 0 Å². The molecular weight excluding hydrogens is 128 g/mol. The Morgan fingerprint density at radius 3 is 2.60 bits per heavy atom. The molecule has 0 aliphatic rings. The summed E-state index contributed by atoms with van der Waals surface area (Å²) in [6.07, 6.45) is 1.50. The molecule has 0 saturated carbocycles. The molecule has 3 N–H and O–H groups in total. The van der Waals surface area contributed by atoms with E-state index in [0.717, 1.165) is 0 Å². The fourth-order valence-electron chi connectivity index (χ4n) is 0.446. The van der Waals surface area contributed by atoms with Crippen molar-refractivity contribution in [2.24, 2.45) is 15.7 Å². The third kappa shape index (κ3) is 5.08. The minimum Gasteiger partial charge on any atom is -0.370 e. The number of hydrogen-bond donors (Lipinski definition) is 2. The fourth-order valence-corrected chi connectivity index (χ4v) is 0.446. The second kappa shape index (κ2) is 4.78. The minimum atomic E-state index is 0.220. The van der Waals surface area contributed by atoms with Crippen molar-refractivity contribution in [2.45, 2.75) is 19.9 Å². The van der Waals surface area contributed by atoms with Gasteiger partial charge in [0, 0.05) is 13.1 Å². The molecule has 0 aliphatic heterocycles. The van der Waals surface area contributed by atoms with Crippen LogP contribution in [0.2, 0.25) is 0 Å². The number of guanidine groups is 1. The molecule has 0 unspecified atom stereocenters. The largest absolute Gasteiger partial charge is 0.370 e. The van der Waals surface area contributed by atoms with E-state index in [1.807, 2.05) is 13.8 Å². The van der Waals surface area contributed by atoms with E-state index >= 15 is 0 Å². The van der Waals surface area contributed by atoms with Crippen LogP contribution in [0.1, 0.15) is 13.8 Å². The van der Waals surface area contributed by atoms with Crippen LogP contribution in [0, 0.1) is 0 Å². The smallest absolute Gasteiger partial charge is 0.194 e. The second-order valence-corrected chi connectivity index (χ2v) is 2.14. The summed E-state index contributed by atoms with van der Waals surface area (Å²) in [5.74, 6) is 0.403. The molecule has 0 aliphatic carbocycles. The highest BCUT2D eigenvalue weighted by atomic mass is 15.1. The fraction of sp³-hybridized carbons (Fsp3) is 0.667. The molecule has 0 aromatic rings. The second-order valence-electron chi connectivity index (χ2n) is 2.14. The van der Waals surface area contributed by atoms with Gasteiger partial charge in [0.1, 0.15) is 0 Å². The molecule has 0 rings (SSSR count). The van der Waals surface area contributed by atoms with E-state index in [2.05, 4.69) is 15.3 Å². The van der Waals surface area contributed by atoms with Crippen LogP contribution in [0.25, 0.3) is 0 Å². The number of nitrogens with zero attached hydrogens (tertiary/aromatic N) is 2. The lowest BCUT2D eigenvalue weighted by atomic mass is 10.4. The predicted octanol–water partition coefficient (Wildman–Crippen LogP) is -0.0428. The van der Waals surface area contributed by atoms with E-state index in [-0.39, 0.29) is 6.04 Å². The normalized spacial score (nSPS) is 13.0. The van der Waals surface area contributed by atoms with E-state index in [1.165, 1.54) is 6.34 Å². The quantitative estimate of drug-likeness (QED) is 0.419. The molecule has 0 fully saturated rings. The van der Waals surface area contributed by atoms with Crippen molar-refractivity contribution >= 4 is 12.3 Å².